The first-order valence-electron chi connectivity index (χ1n) is 5.72. The van der Waals surface area contributed by atoms with Gasteiger partial charge in [-0.2, -0.15) is 0 Å². The number of amides is 1. The first-order valence-corrected chi connectivity index (χ1v) is 5.72. The summed E-state index contributed by atoms with van der Waals surface area (Å²) in [5.74, 6) is -1.61. The molecule has 1 aromatic rings. The molecule has 2 atom stereocenters. The minimum atomic E-state index is -0.900. The molecule has 0 radical (unpaired) electrons. The highest BCUT2D eigenvalue weighted by atomic mass is 16.4. The van der Waals surface area contributed by atoms with Gasteiger partial charge in [0.25, 0.3) is 0 Å². The number of likely N-dealkylation sites (tertiary alicyclic amines) is 1. The number of benzene rings is 1. The molecule has 2 rings (SSSR count). The van der Waals surface area contributed by atoms with Crippen molar-refractivity contribution in [3.63, 3.8) is 0 Å². The summed E-state index contributed by atoms with van der Waals surface area (Å²) in [6, 6.07) is 9.04. The van der Waals surface area contributed by atoms with Crippen LogP contribution in [0.15, 0.2) is 30.3 Å². The first-order chi connectivity index (χ1) is 8.15. The van der Waals surface area contributed by atoms with Crippen molar-refractivity contribution < 1.29 is 14.7 Å². The van der Waals surface area contributed by atoms with E-state index >= 15 is 0 Å². The highest BCUT2D eigenvalue weighted by Crippen LogP contribution is 2.37. The summed E-state index contributed by atoms with van der Waals surface area (Å²) in [5, 5.41) is 9.20. The van der Waals surface area contributed by atoms with Crippen LogP contribution in [0.5, 0.6) is 0 Å². The van der Waals surface area contributed by atoms with Crippen molar-refractivity contribution in [1.29, 1.82) is 0 Å². The lowest BCUT2D eigenvalue weighted by atomic mass is 9.94. The number of hydrogen-bond donors (Lipinski definition) is 1. The smallest absolute Gasteiger partial charge is 0.309 e. The molecule has 1 heterocycles. The minimum Gasteiger partial charge on any atom is -0.481 e. The van der Waals surface area contributed by atoms with E-state index in [0.717, 1.165) is 5.56 Å². The Labute approximate surface area is 99.9 Å². The van der Waals surface area contributed by atoms with Crippen molar-refractivity contribution >= 4 is 11.9 Å². The summed E-state index contributed by atoms with van der Waals surface area (Å²) in [6.45, 7) is 2.42. The zero-order valence-electron chi connectivity index (χ0n) is 9.67. The Morgan fingerprint density at radius 3 is 2.59 bits per heavy atom. The van der Waals surface area contributed by atoms with Gasteiger partial charge in [0.05, 0.1) is 12.0 Å². The van der Waals surface area contributed by atoms with Gasteiger partial charge in [0.2, 0.25) is 5.91 Å². The molecule has 0 spiro atoms. The minimum absolute atomic E-state index is 0.0752. The number of carbonyl (C=O) groups is 2. The van der Waals surface area contributed by atoms with E-state index in [4.69, 9.17) is 0 Å². The maximum absolute atomic E-state index is 11.8. The monoisotopic (exact) mass is 233 g/mol. The fourth-order valence-electron chi connectivity index (χ4n) is 2.45. The van der Waals surface area contributed by atoms with Crippen LogP contribution in [0.1, 0.15) is 24.9 Å². The van der Waals surface area contributed by atoms with Crippen LogP contribution in [0.3, 0.4) is 0 Å². The van der Waals surface area contributed by atoms with Crippen LogP contribution in [0, 0.1) is 5.92 Å². The summed E-state index contributed by atoms with van der Waals surface area (Å²) in [7, 11) is 0. The van der Waals surface area contributed by atoms with Crippen molar-refractivity contribution in [2.45, 2.75) is 19.4 Å². The maximum Gasteiger partial charge on any atom is 0.309 e. The van der Waals surface area contributed by atoms with Crippen LogP contribution in [-0.4, -0.2) is 28.4 Å². The van der Waals surface area contributed by atoms with Crippen LogP contribution >= 0.6 is 0 Å². The molecule has 1 aliphatic rings. The van der Waals surface area contributed by atoms with E-state index in [0.29, 0.717) is 6.54 Å². The molecular formula is C13H15NO3. The Hall–Kier alpha value is -1.84. The van der Waals surface area contributed by atoms with Gasteiger partial charge in [0.15, 0.2) is 0 Å². The van der Waals surface area contributed by atoms with Gasteiger partial charge in [0.1, 0.15) is 0 Å². The third-order valence-corrected chi connectivity index (χ3v) is 3.23. The molecule has 1 fully saturated rings. The summed E-state index contributed by atoms with van der Waals surface area (Å²) >= 11 is 0. The number of rotatable bonds is 3. The predicted molar refractivity (Wildman–Crippen MR) is 62.3 cm³/mol. The number of hydrogen-bond acceptors (Lipinski definition) is 2. The molecule has 1 N–H and O–H groups in total. The fraction of sp³-hybridized carbons (Fsp3) is 0.385. The Kier molecular flexibility index (Phi) is 3.13. The summed E-state index contributed by atoms with van der Waals surface area (Å²) in [6.07, 6.45) is 0.0999. The third kappa shape index (κ3) is 2.02. The van der Waals surface area contributed by atoms with E-state index in [-0.39, 0.29) is 18.4 Å². The molecule has 0 saturated carbocycles. The van der Waals surface area contributed by atoms with Crippen LogP contribution in [0.4, 0.5) is 0 Å². The SMILES string of the molecule is CCN1C(=O)C[C@H](C(=O)O)[C@H]1c1ccccc1. The Bertz CT molecular complexity index is 430. The van der Waals surface area contributed by atoms with Gasteiger partial charge in [-0.05, 0) is 12.5 Å². The van der Waals surface area contributed by atoms with E-state index in [9.17, 15) is 14.7 Å². The second-order valence-corrected chi connectivity index (χ2v) is 4.18. The van der Waals surface area contributed by atoms with Crippen molar-refractivity contribution in [3.05, 3.63) is 35.9 Å². The van der Waals surface area contributed by atoms with Crippen molar-refractivity contribution in [2.24, 2.45) is 5.92 Å². The zero-order chi connectivity index (χ0) is 12.4. The molecule has 1 saturated heterocycles. The Morgan fingerprint density at radius 2 is 2.06 bits per heavy atom. The summed E-state index contributed by atoms with van der Waals surface area (Å²) in [5.41, 5.74) is 0.896. The highest BCUT2D eigenvalue weighted by Gasteiger charge is 2.43. The van der Waals surface area contributed by atoms with Gasteiger partial charge in [0, 0.05) is 13.0 Å². The molecule has 0 bridgehead atoms. The van der Waals surface area contributed by atoms with Crippen LogP contribution < -0.4 is 0 Å². The Balaban J connectivity index is 2.39. The van der Waals surface area contributed by atoms with Crippen LogP contribution in [0.25, 0.3) is 0 Å². The normalized spacial score (nSPS) is 24.1. The van der Waals surface area contributed by atoms with E-state index < -0.39 is 11.9 Å². The fourth-order valence-corrected chi connectivity index (χ4v) is 2.45. The molecular weight excluding hydrogens is 218 g/mol. The number of aliphatic carboxylic acids is 1. The molecule has 4 heteroatoms. The zero-order valence-corrected chi connectivity index (χ0v) is 9.67. The quantitative estimate of drug-likeness (QED) is 0.864. The van der Waals surface area contributed by atoms with Crippen molar-refractivity contribution in [3.8, 4) is 0 Å². The van der Waals surface area contributed by atoms with E-state index in [2.05, 4.69) is 0 Å². The highest BCUT2D eigenvalue weighted by molar-refractivity contribution is 5.87. The number of nitrogens with zero attached hydrogens (tertiary/aromatic N) is 1. The molecule has 0 unspecified atom stereocenters. The maximum atomic E-state index is 11.8. The van der Waals surface area contributed by atoms with Crippen LogP contribution in [-0.2, 0) is 9.59 Å². The van der Waals surface area contributed by atoms with Gasteiger partial charge in [-0.1, -0.05) is 30.3 Å². The number of carboxylic acid groups (broad SMARTS) is 1. The van der Waals surface area contributed by atoms with E-state index in [1.807, 2.05) is 37.3 Å². The molecule has 1 amide bonds. The van der Waals surface area contributed by atoms with Gasteiger partial charge in [-0.25, -0.2) is 0 Å². The molecule has 0 aromatic heterocycles. The topological polar surface area (TPSA) is 57.6 Å². The van der Waals surface area contributed by atoms with Gasteiger partial charge >= 0.3 is 5.97 Å². The number of carbonyl (C=O) groups excluding carboxylic acids is 1. The molecule has 17 heavy (non-hydrogen) atoms. The molecule has 4 nitrogen and oxygen atoms in total. The molecule has 0 aliphatic carbocycles. The van der Waals surface area contributed by atoms with Crippen molar-refractivity contribution in [1.82, 2.24) is 4.90 Å². The second kappa shape index (κ2) is 4.57. The number of carboxylic acids is 1. The van der Waals surface area contributed by atoms with Crippen molar-refractivity contribution in [2.75, 3.05) is 6.54 Å². The van der Waals surface area contributed by atoms with Gasteiger partial charge in [-0.15, -0.1) is 0 Å². The molecule has 1 aromatic carbocycles. The van der Waals surface area contributed by atoms with Crippen LogP contribution in [0.2, 0.25) is 0 Å². The lowest BCUT2D eigenvalue weighted by Crippen LogP contribution is -2.30. The van der Waals surface area contributed by atoms with E-state index in [1.165, 1.54) is 0 Å². The lowest BCUT2D eigenvalue weighted by molar-refractivity contribution is -0.142. The summed E-state index contributed by atoms with van der Waals surface area (Å²) < 4.78 is 0. The average molecular weight is 233 g/mol. The average Bonchev–Trinajstić information content (AvgIpc) is 2.67. The third-order valence-electron chi connectivity index (χ3n) is 3.23. The summed E-state index contributed by atoms with van der Waals surface area (Å²) in [4.78, 5) is 24.6. The standard InChI is InChI=1S/C13H15NO3/c1-2-14-11(15)8-10(13(16)17)12(14)9-6-4-3-5-7-9/h3-7,10,12H,2,8H2,1H3,(H,16,17)/t10-,12+/m0/s1. The molecule has 90 valence electrons. The first kappa shape index (κ1) is 11.6. The largest absolute Gasteiger partial charge is 0.481 e. The Morgan fingerprint density at radius 1 is 1.41 bits per heavy atom. The second-order valence-electron chi connectivity index (χ2n) is 4.18. The molecule has 1 aliphatic heterocycles. The van der Waals surface area contributed by atoms with E-state index in [1.54, 1.807) is 4.90 Å². The lowest BCUT2D eigenvalue weighted by Gasteiger charge is -2.25. The van der Waals surface area contributed by atoms with Gasteiger partial charge in [-0.3, -0.25) is 9.59 Å². The predicted octanol–water partition coefficient (Wildman–Crippen LogP) is 1.68. The van der Waals surface area contributed by atoms with Gasteiger partial charge < -0.3 is 10.0 Å².